The van der Waals surface area contributed by atoms with Crippen LogP contribution in [0.5, 0.6) is 11.5 Å². The van der Waals surface area contributed by atoms with Gasteiger partial charge in [0.05, 0.1) is 12.0 Å². The third-order valence-electron chi connectivity index (χ3n) is 4.68. The lowest BCUT2D eigenvalue weighted by Crippen LogP contribution is -2.08. The molecule has 7 heteroatoms. The van der Waals surface area contributed by atoms with Gasteiger partial charge in [-0.1, -0.05) is 22.0 Å². The average Bonchev–Trinajstić information content (AvgIpc) is 3.43. The number of benzene rings is 2. The zero-order chi connectivity index (χ0) is 20.7. The van der Waals surface area contributed by atoms with E-state index in [1.165, 1.54) is 0 Å². The van der Waals surface area contributed by atoms with Crippen molar-refractivity contribution in [2.75, 3.05) is 7.11 Å². The minimum atomic E-state index is -0.495. The van der Waals surface area contributed by atoms with E-state index in [9.17, 15) is 4.79 Å². The van der Waals surface area contributed by atoms with Crippen molar-refractivity contribution in [1.29, 1.82) is 0 Å². The number of ether oxygens (including phenoxy) is 3. The molecule has 0 amide bonds. The third kappa shape index (κ3) is 3.36. The molecule has 0 atom stereocenters. The Labute approximate surface area is 185 Å². The van der Waals surface area contributed by atoms with Crippen LogP contribution in [0.1, 0.15) is 16.0 Å². The molecule has 0 saturated carbocycles. The predicted octanol–water partition coefficient (Wildman–Crippen LogP) is 5.67. The molecule has 2 aliphatic heterocycles. The van der Waals surface area contributed by atoms with E-state index in [1.54, 1.807) is 42.7 Å². The highest BCUT2D eigenvalue weighted by molar-refractivity contribution is 9.10. The molecule has 5 nitrogen and oxygen atoms in total. The first-order valence-electron chi connectivity index (χ1n) is 9.05. The Bertz CT molecular complexity index is 1240. The van der Waals surface area contributed by atoms with Crippen LogP contribution in [-0.4, -0.2) is 19.0 Å². The number of hydrogen-bond acceptors (Lipinski definition) is 6. The monoisotopic (exact) mass is 479 g/mol. The zero-order valence-corrected chi connectivity index (χ0v) is 18.1. The van der Waals surface area contributed by atoms with Gasteiger partial charge in [0.1, 0.15) is 17.3 Å². The maximum atomic E-state index is 12.8. The molecule has 2 aromatic carbocycles. The molecule has 3 aromatic rings. The fourth-order valence-corrected chi connectivity index (χ4v) is 4.27. The molecule has 0 unspecified atom stereocenters. The van der Waals surface area contributed by atoms with Crippen LogP contribution < -0.4 is 9.47 Å². The molecule has 3 heterocycles. The summed E-state index contributed by atoms with van der Waals surface area (Å²) >= 11 is 5.06. The van der Waals surface area contributed by atoms with Gasteiger partial charge in [0.2, 0.25) is 5.90 Å². The van der Waals surface area contributed by atoms with Crippen LogP contribution in [0.4, 0.5) is 0 Å². The Balaban J connectivity index is 1.66. The number of cyclic esters (lactones) is 1. The molecule has 0 radical (unpaired) electrons. The second-order valence-corrected chi connectivity index (χ2v) is 8.39. The van der Waals surface area contributed by atoms with Crippen LogP contribution in [-0.2, 0) is 9.53 Å². The van der Waals surface area contributed by atoms with Crippen molar-refractivity contribution in [2.45, 2.75) is 0 Å². The number of carbonyl (C=O) groups is 1. The van der Waals surface area contributed by atoms with Gasteiger partial charge in [-0.2, -0.15) is 0 Å². The SMILES string of the molecule is COc1ccc(C2=NC(=C3C=C(c4cccs4)Oc4ccc(Br)cc43)C(=O)O2)cc1. The van der Waals surface area contributed by atoms with E-state index in [-0.39, 0.29) is 11.6 Å². The number of methoxy groups -OCH3 is 1. The largest absolute Gasteiger partial charge is 0.497 e. The van der Waals surface area contributed by atoms with Crippen LogP contribution in [0.25, 0.3) is 11.3 Å². The summed E-state index contributed by atoms with van der Waals surface area (Å²) in [5, 5.41) is 1.98. The van der Waals surface area contributed by atoms with Gasteiger partial charge in [0.25, 0.3) is 0 Å². The highest BCUT2D eigenvalue weighted by Crippen LogP contribution is 2.42. The summed E-state index contributed by atoms with van der Waals surface area (Å²) in [5.41, 5.74) is 2.38. The molecule has 0 aliphatic carbocycles. The Hall–Kier alpha value is -3.16. The number of carbonyl (C=O) groups excluding carboxylic acids is 1. The summed E-state index contributed by atoms with van der Waals surface area (Å²) < 4.78 is 17.6. The summed E-state index contributed by atoms with van der Waals surface area (Å²) in [5.74, 6) is 1.81. The standard InChI is InChI=1S/C23H14BrNO4S/c1-27-15-7-4-13(5-8-15)22-25-21(23(26)29-22)17-12-19(20-3-2-10-30-20)28-18-9-6-14(24)11-16(17)18/h2-12H,1H3. The van der Waals surface area contributed by atoms with Crippen molar-refractivity contribution < 1.29 is 19.0 Å². The highest BCUT2D eigenvalue weighted by Gasteiger charge is 2.31. The number of fused-ring (bicyclic) bond motifs is 1. The van der Waals surface area contributed by atoms with Gasteiger partial charge < -0.3 is 14.2 Å². The summed E-state index contributed by atoms with van der Waals surface area (Å²) in [7, 11) is 1.60. The molecular formula is C23H14BrNO4S. The normalized spacial score (nSPS) is 17.6. The molecule has 0 fully saturated rings. The van der Waals surface area contributed by atoms with Gasteiger partial charge in [-0.25, -0.2) is 9.79 Å². The third-order valence-corrected chi connectivity index (χ3v) is 6.06. The quantitative estimate of drug-likeness (QED) is 0.358. The van der Waals surface area contributed by atoms with Crippen molar-refractivity contribution >= 4 is 50.5 Å². The minimum absolute atomic E-state index is 0.248. The second-order valence-electron chi connectivity index (χ2n) is 6.53. The van der Waals surface area contributed by atoms with Crippen molar-refractivity contribution in [3.05, 3.63) is 92.2 Å². The molecular weight excluding hydrogens is 466 g/mol. The van der Waals surface area contributed by atoms with Gasteiger partial charge in [-0.15, -0.1) is 11.3 Å². The molecule has 1 aromatic heterocycles. The lowest BCUT2D eigenvalue weighted by molar-refractivity contribution is -0.129. The number of thiophene rings is 1. The van der Waals surface area contributed by atoms with Crippen molar-refractivity contribution in [3.63, 3.8) is 0 Å². The minimum Gasteiger partial charge on any atom is -0.497 e. The van der Waals surface area contributed by atoms with E-state index >= 15 is 0 Å². The summed E-state index contributed by atoms with van der Waals surface area (Å²) in [4.78, 5) is 18.3. The average molecular weight is 480 g/mol. The van der Waals surface area contributed by atoms with Crippen LogP contribution in [0.15, 0.2) is 81.2 Å². The Morgan fingerprint density at radius 1 is 1.07 bits per heavy atom. The Morgan fingerprint density at radius 2 is 1.90 bits per heavy atom. The molecule has 0 bridgehead atoms. The molecule has 148 valence electrons. The smallest absolute Gasteiger partial charge is 0.364 e. The van der Waals surface area contributed by atoms with Crippen LogP contribution in [0, 0.1) is 0 Å². The topological polar surface area (TPSA) is 57.1 Å². The highest BCUT2D eigenvalue weighted by atomic mass is 79.9. The van der Waals surface area contributed by atoms with E-state index in [4.69, 9.17) is 14.2 Å². The lowest BCUT2D eigenvalue weighted by Gasteiger charge is -2.20. The maximum absolute atomic E-state index is 12.8. The van der Waals surface area contributed by atoms with Gasteiger partial charge in [-0.05, 0) is 60.0 Å². The first-order valence-corrected chi connectivity index (χ1v) is 10.7. The first kappa shape index (κ1) is 18.8. The maximum Gasteiger partial charge on any atom is 0.364 e. The molecule has 0 spiro atoms. The van der Waals surface area contributed by atoms with Gasteiger partial charge in [0, 0.05) is 21.2 Å². The fourth-order valence-electron chi connectivity index (χ4n) is 3.23. The number of allylic oxidation sites excluding steroid dienone is 2. The number of hydrogen-bond donors (Lipinski definition) is 0. The van der Waals surface area contributed by atoms with E-state index in [0.29, 0.717) is 28.4 Å². The fraction of sp³-hybridized carbons (Fsp3) is 0.0435. The van der Waals surface area contributed by atoms with Gasteiger partial charge in [0.15, 0.2) is 5.70 Å². The van der Waals surface area contributed by atoms with E-state index in [2.05, 4.69) is 20.9 Å². The van der Waals surface area contributed by atoms with Crippen LogP contribution >= 0.6 is 27.3 Å². The number of nitrogens with zero attached hydrogens (tertiary/aromatic N) is 1. The summed E-state index contributed by atoms with van der Waals surface area (Å²) in [6.07, 6.45) is 1.84. The van der Waals surface area contributed by atoms with Gasteiger partial charge in [-0.3, -0.25) is 0 Å². The molecule has 30 heavy (non-hydrogen) atoms. The van der Waals surface area contributed by atoms with Crippen LogP contribution in [0.2, 0.25) is 0 Å². The number of aliphatic imine (C=N–C) groups is 1. The lowest BCUT2D eigenvalue weighted by atomic mass is 9.99. The zero-order valence-electron chi connectivity index (χ0n) is 15.7. The number of rotatable bonds is 3. The van der Waals surface area contributed by atoms with Crippen molar-refractivity contribution in [1.82, 2.24) is 0 Å². The summed E-state index contributed by atoms with van der Waals surface area (Å²) in [6.45, 7) is 0. The van der Waals surface area contributed by atoms with Gasteiger partial charge >= 0.3 is 5.97 Å². The number of esters is 1. The first-order chi connectivity index (χ1) is 14.6. The predicted molar refractivity (Wildman–Crippen MR) is 120 cm³/mol. The van der Waals surface area contributed by atoms with Crippen LogP contribution in [0.3, 0.4) is 0 Å². The molecule has 0 N–H and O–H groups in total. The summed E-state index contributed by atoms with van der Waals surface area (Å²) in [6, 6.07) is 16.8. The molecule has 5 rings (SSSR count). The molecule has 0 saturated heterocycles. The number of halogens is 1. The second kappa shape index (κ2) is 7.59. The van der Waals surface area contributed by atoms with E-state index < -0.39 is 5.97 Å². The Morgan fingerprint density at radius 3 is 2.63 bits per heavy atom. The Kier molecular flexibility index (Phi) is 4.77. The van der Waals surface area contributed by atoms with Crippen molar-refractivity contribution in [2.24, 2.45) is 4.99 Å². The van der Waals surface area contributed by atoms with E-state index in [0.717, 1.165) is 14.9 Å². The van der Waals surface area contributed by atoms with Crippen molar-refractivity contribution in [3.8, 4) is 11.5 Å². The molecule has 2 aliphatic rings. The van der Waals surface area contributed by atoms with E-state index in [1.807, 2.05) is 41.8 Å².